The highest BCUT2D eigenvalue weighted by Gasteiger charge is 2.37. The average Bonchev–Trinajstić information content (AvgIpc) is 2.58. The van der Waals surface area contributed by atoms with Crippen LogP contribution >= 0.6 is 0 Å². The van der Waals surface area contributed by atoms with Gasteiger partial charge in [0.25, 0.3) is 0 Å². The predicted octanol–water partition coefficient (Wildman–Crippen LogP) is 4.05. The highest BCUT2D eigenvalue weighted by Crippen LogP contribution is 2.37. The predicted molar refractivity (Wildman–Crippen MR) is 99.0 cm³/mol. The van der Waals surface area contributed by atoms with Crippen molar-refractivity contribution < 1.29 is 18.6 Å². The number of hydrogen-bond donors (Lipinski definition) is 0. The van der Waals surface area contributed by atoms with E-state index in [2.05, 4.69) is 44.1 Å². The molecule has 0 aliphatic carbocycles. The third kappa shape index (κ3) is 5.74. The van der Waals surface area contributed by atoms with E-state index in [1.165, 1.54) is 0 Å². The van der Waals surface area contributed by atoms with Crippen molar-refractivity contribution in [3.63, 3.8) is 0 Å². The average molecular weight is 369 g/mol. The van der Waals surface area contributed by atoms with Crippen molar-refractivity contribution in [3.05, 3.63) is 17.3 Å². The molecule has 7 heteroatoms. The first kappa shape index (κ1) is 20.3. The van der Waals surface area contributed by atoms with E-state index in [1.54, 1.807) is 7.11 Å². The minimum atomic E-state index is -1.84. The fourth-order valence-corrected chi connectivity index (χ4v) is 3.26. The summed E-state index contributed by atoms with van der Waals surface area (Å²) in [6, 6.07) is 1.96. The van der Waals surface area contributed by atoms with Crippen LogP contribution in [0.25, 0.3) is 0 Å². The van der Waals surface area contributed by atoms with Crippen LogP contribution in [0.3, 0.4) is 0 Å². The summed E-state index contributed by atoms with van der Waals surface area (Å²) in [5.41, 5.74) is 1.68. The second-order valence-corrected chi connectivity index (χ2v) is 12.8. The lowest BCUT2D eigenvalue weighted by molar-refractivity contribution is -0.169. The van der Waals surface area contributed by atoms with E-state index < -0.39 is 8.32 Å². The maximum absolute atomic E-state index is 6.30. The Hall–Kier alpha value is -1.02. The maximum atomic E-state index is 6.30. The molecule has 1 unspecified atom stereocenters. The fraction of sp³-hybridized carbons (Fsp3) is 0.778. The van der Waals surface area contributed by atoms with E-state index in [-0.39, 0.29) is 11.3 Å². The Kier molecular flexibility index (Phi) is 6.96. The van der Waals surface area contributed by atoms with Gasteiger partial charge < -0.3 is 18.6 Å². The van der Waals surface area contributed by atoms with Crippen molar-refractivity contribution in [2.45, 2.75) is 77.7 Å². The van der Waals surface area contributed by atoms with E-state index in [0.29, 0.717) is 19.1 Å². The zero-order valence-corrected chi connectivity index (χ0v) is 17.4. The minimum Gasteiger partial charge on any atom is -0.480 e. The van der Waals surface area contributed by atoms with Gasteiger partial charge >= 0.3 is 0 Å². The molecule has 1 aromatic heterocycles. The minimum absolute atomic E-state index is 0.135. The summed E-state index contributed by atoms with van der Waals surface area (Å²) in [6.45, 7) is 12.8. The van der Waals surface area contributed by atoms with Gasteiger partial charge in [-0.05, 0) is 43.5 Å². The highest BCUT2D eigenvalue weighted by molar-refractivity contribution is 6.74. The van der Waals surface area contributed by atoms with Crippen LogP contribution in [-0.4, -0.2) is 38.5 Å². The summed E-state index contributed by atoms with van der Waals surface area (Å²) in [5, 5.41) is 8.51. The van der Waals surface area contributed by atoms with Gasteiger partial charge in [-0.25, -0.2) is 0 Å². The van der Waals surface area contributed by atoms with Gasteiger partial charge in [0.2, 0.25) is 5.88 Å². The van der Waals surface area contributed by atoms with Crippen molar-refractivity contribution in [1.29, 1.82) is 0 Å². The maximum Gasteiger partial charge on any atom is 0.238 e. The second-order valence-electron chi connectivity index (χ2n) is 8.03. The molecule has 0 amide bonds. The van der Waals surface area contributed by atoms with Gasteiger partial charge in [-0.15, -0.1) is 10.2 Å². The molecule has 0 N–H and O–H groups in total. The van der Waals surface area contributed by atoms with Crippen LogP contribution in [0.1, 0.15) is 51.3 Å². The van der Waals surface area contributed by atoms with Crippen LogP contribution in [0.4, 0.5) is 0 Å². The molecule has 0 radical (unpaired) electrons. The Morgan fingerprint density at radius 1 is 1.20 bits per heavy atom. The molecule has 142 valence electrons. The summed E-state index contributed by atoms with van der Waals surface area (Å²) in [4.78, 5) is 0. The van der Waals surface area contributed by atoms with Gasteiger partial charge in [0, 0.05) is 12.2 Å². The zero-order chi connectivity index (χ0) is 18.5. The van der Waals surface area contributed by atoms with Crippen LogP contribution in [0, 0.1) is 0 Å². The molecule has 1 aliphatic rings. The van der Waals surface area contributed by atoms with Gasteiger partial charge in [0.1, 0.15) is 0 Å². The van der Waals surface area contributed by atoms with Gasteiger partial charge in [-0.1, -0.05) is 20.8 Å². The Morgan fingerprint density at radius 3 is 2.56 bits per heavy atom. The molecule has 6 nitrogen and oxygen atoms in total. The van der Waals surface area contributed by atoms with E-state index in [4.69, 9.17) is 18.6 Å². The summed E-state index contributed by atoms with van der Waals surface area (Å²) < 4.78 is 23.0. The highest BCUT2D eigenvalue weighted by atomic mass is 28.4. The first-order valence-electron chi connectivity index (χ1n) is 8.99. The SMILES string of the molecule is COc1nnc(COC2CCCCO2)cc1CO[Si](C)(C)C(C)(C)C. The van der Waals surface area contributed by atoms with Crippen molar-refractivity contribution in [1.82, 2.24) is 10.2 Å². The van der Waals surface area contributed by atoms with E-state index in [0.717, 1.165) is 37.1 Å². The molecule has 0 aromatic carbocycles. The molecule has 1 aliphatic heterocycles. The Bertz CT molecular complexity index is 554. The zero-order valence-electron chi connectivity index (χ0n) is 16.4. The number of rotatable bonds is 7. The number of hydrogen-bond acceptors (Lipinski definition) is 6. The third-order valence-corrected chi connectivity index (χ3v) is 9.51. The molecular formula is C18H32N2O4Si. The number of ether oxygens (including phenoxy) is 3. The normalized spacial score (nSPS) is 19.0. The quantitative estimate of drug-likeness (QED) is 0.677. The molecule has 1 aromatic rings. The van der Waals surface area contributed by atoms with Crippen LogP contribution < -0.4 is 4.74 Å². The Morgan fingerprint density at radius 2 is 1.96 bits per heavy atom. The summed E-state index contributed by atoms with van der Waals surface area (Å²) in [7, 11) is -0.238. The van der Waals surface area contributed by atoms with Crippen LogP contribution in [0.15, 0.2) is 6.07 Å². The first-order valence-corrected chi connectivity index (χ1v) is 11.9. The first-order chi connectivity index (χ1) is 11.7. The largest absolute Gasteiger partial charge is 0.480 e. The standard InChI is InChI=1S/C18H32N2O4Si/c1-18(2,3)25(5,6)24-12-14-11-15(19-20-17(14)21-4)13-23-16-9-7-8-10-22-16/h11,16H,7-10,12-13H2,1-6H3. The van der Waals surface area contributed by atoms with Crippen LogP contribution in [-0.2, 0) is 27.1 Å². The summed E-state index contributed by atoms with van der Waals surface area (Å²) in [5.74, 6) is 0.511. The molecule has 2 rings (SSSR count). The lowest BCUT2D eigenvalue weighted by Gasteiger charge is -2.36. The summed E-state index contributed by atoms with van der Waals surface area (Å²) >= 11 is 0. The van der Waals surface area contributed by atoms with E-state index >= 15 is 0 Å². The monoisotopic (exact) mass is 368 g/mol. The Labute approximate surface area is 152 Å². The molecule has 1 fully saturated rings. The number of nitrogens with zero attached hydrogens (tertiary/aromatic N) is 2. The lowest BCUT2D eigenvalue weighted by atomic mass is 10.2. The molecule has 2 heterocycles. The fourth-order valence-electron chi connectivity index (χ4n) is 2.31. The molecule has 1 saturated heterocycles. The Balaban J connectivity index is 2.01. The third-order valence-electron chi connectivity index (χ3n) is 5.03. The lowest BCUT2D eigenvalue weighted by Crippen LogP contribution is -2.40. The van der Waals surface area contributed by atoms with Gasteiger partial charge in [-0.2, -0.15) is 0 Å². The van der Waals surface area contributed by atoms with E-state index in [9.17, 15) is 0 Å². The molecule has 0 saturated carbocycles. The summed E-state index contributed by atoms with van der Waals surface area (Å²) in [6.07, 6.45) is 3.05. The second kappa shape index (κ2) is 8.57. The molecule has 0 bridgehead atoms. The number of aromatic nitrogens is 2. The molecule has 1 atom stereocenters. The van der Waals surface area contributed by atoms with Crippen molar-refractivity contribution in [3.8, 4) is 5.88 Å². The van der Waals surface area contributed by atoms with Crippen molar-refractivity contribution >= 4 is 8.32 Å². The van der Waals surface area contributed by atoms with E-state index in [1.807, 2.05) is 6.07 Å². The molecule has 25 heavy (non-hydrogen) atoms. The topological polar surface area (TPSA) is 62.7 Å². The number of methoxy groups -OCH3 is 1. The van der Waals surface area contributed by atoms with Crippen molar-refractivity contribution in [2.75, 3.05) is 13.7 Å². The van der Waals surface area contributed by atoms with Gasteiger partial charge in [0.15, 0.2) is 14.6 Å². The molecular weight excluding hydrogens is 336 g/mol. The van der Waals surface area contributed by atoms with Crippen molar-refractivity contribution in [2.24, 2.45) is 0 Å². The van der Waals surface area contributed by atoms with Crippen LogP contribution in [0.5, 0.6) is 5.88 Å². The smallest absolute Gasteiger partial charge is 0.238 e. The van der Waals surface area contributed by atoms with Crippen LogP contribution in [0.2, 0.25) is 18.1 Å². The van der Waals surface area contributed by atoms with Gasteiger partial charge in [-0.3, -0.25) is 0 Å². The van der Waals surface area contributed by atoms with Gasteiger partial charge in [0.05, 0.1) is 26.0 Å². The molecule has 0 spiro atoms.